The van der Waals surface area contributed by atoms with Gasteiger partial charge in [-0.25, -0.2) is 9.97 Å². The lowest BCUT2D eigenvalue weighted by atomic mass is 10.1. The highest BCUT2D eigenvalue weighted by Gasteiger charge is 2.20. The van der Waals surface area contributed by atoms with E-state index in [0.717, 1.165) is 81.4 Å². The number of hydrogen-bond donors (Lipinski definition) is 1. The Morgan fingerprint density at radius 2 is 1.82 bits per heavy atom. The molecule has 7 nitrogen and oxygen atoms in total. The SMILES string of the molecule is COc1ccc2cc(CN3CCN(Cc4nc5sc(C)c(C)c5c(=O)[nH]4)CC3)c(Cl)nc2c1. The molecule has 0 unspecified atom stereocenters. The number of fused-ring (bicyclic) bond motifs is 2. The number of piperazine rings is 1. The van der Waals surface area contributed by atoms with E-state index >= 15 is 0 Å². The van der Waals surface area contributed by atoms with Crippen molar-refractivity contribution in [2.45, 2.75) is 26.9 Å². The summed E-state index contributed by atoms with van der Waals surface area (Å²) in [7, 11) is 1.65. The van der Waals surface area contributed by atoms with Crippen molar-refractivity contribution in [3.8, 4) is 5.75 Å². The Balaban J connectivity index is 1.24. The second-order valence-corrected chi connectivity index (χ2v) is 10.1. The monoisotopic (exact) mass is 483 g/mol. The van der Waals surface area contributed by atoms with E-state index in [1.165, 1.54) is 0 Å². The number of pyridine rings is 1. The number of nitrogens with one attached hydrogen (secondary N) is 1. The minimum atomic E-state index is -0.0356. The van der Waals surface area contributed by atoms with E-state index in [2.05, 4.69) is 25.8 Å². The fourth-order valence-electron chi connectivity index (χ4n) is 4.34. The zero-order valence-corrected chi connectivity index (χ0v) is 20.5. The van der Waals surface area contributed by atoms with E-state index < -0.39 is 0 Å². The number of nitrogens with zero attached hydrogens (tertiary/aromatic N) is 4. The average Bonchev–Trinajstić information content (AvgIpc) is 3.09. The molecule has 3 aromatic heterocycles. The Kier molecular flexibility index (Phi) is 6.09. The van der Waals surface area contributed by atoms with Gasteiger partial charge in [-0.2, -0.15) is 0 Å². The van der Waals surface area contributed by atoms with Gasteiger partial charge in [-0.15, -0.1) is 11.3 Å². The number of aryl methyl sites for hydroxylation is 2. The van der Waals surface area contributed by atoms with Crippen LogP contribution in [0.4, 0.5) is 0 Å². The van der Waals surface area contributed by atoms with Crippen LogP contribution in [0.25, 0.3) is 21.1 Å². The average molecular weight is 484 g/mol. The van der Waals surface area contributed by atoms with Crippen molar-refractivity contribution in [2.75, 3.05) is 33.3 Å². The van der Waals surface area contributed by atoms with Crippen molar-refractivity contribution in [1.29, 1.82) is 0 Å². The molecule has 9 heteroatoms. The molecule has 1 aliphatic rings. The number of rotatable bonds is 5. The summed E-state index contributed by atoms with van der Waals surface area (Å²) in [5, 5.41) is 2.32. The topological polar surface area (TPSA) is 74.3 Å². The summed E-state index contributed by atoms with van der Waals surface area (Å²) in [5.74, 6) is 1.51. The predicted octanol–water partition coefficient (Wildman–Crippen LogP) is 4.13. The van der Waals surface area contributed by atoms with Gasteiger partial charge in [0.25, 0.3) is 5.56 Å². The summed E-state index contributed by atoms with van der Waals surface area (Å²) >= 11 is 8.09. The molecule has 172 valence electrons. The van der Waals surface area contributed by atoms with Crippen molar-refractivity contribution in [2.24, 2.45) is 0 Å². The molecular weight excluding hydrogens is 458 g/mol. The van der Waals surface area contributed by atoms with Gasteiger partial charge in [-0.05, 0) is 37.6 Å². The summed E-state index contributed by atoms with van der Waals surface area (Å²) in [5.41, 5.74) is 2.86. The first-order valence-electron chi connectivity index (χ1n) is 11.0. The molecular formula is C24H26ClN5O2S. The highest BCUT2D eigenvalue weighted by Crippen LogP contribution is 2.27. The summed E-state index contributed by atoms with van der Waals surface area (Å²) in [6.07, 6.45) is 0. The zero-order chi connectivity index (χ0) is 23.1. The molecule has 1 aromatic carbocycles. The fourth-order valence-corrected chi connectivity index (χ4v) is 5.59. The predicted molar refractivity (Wildman–Crippen MR) is 134 cm³/mol. The molecule has 1 aliphatic heterocycles. The third-order valence-corrected chi connectivity index (χ3v) is 7.80. The van der Waals surface area contributed by atoms with E-state index in [9.17, 15) is 4.79 Å². The summed E-state index contributed by atoms with van der Waals surface area (Å²) in [4.78, 5) is 31.5. The van der Waals surface area contributed by atoms with Crippen molar-refractivity contribution >= 4 is 44.1 Å². The van der Waals surface area contributed by atoms with Crippen LogP contribution >= 0.6 is 22.9 Å². The molecule has 0 atom stereocenters. The maximum absolute atomic E-state index is 12.6. The van der Waals surface area contributed by atoms with Gasteiger partial charge in [0.05, 0.1) is 24.6 Å². The van der Waals surface area contributed by atoms with E-state index in [1.807, 2.05) is 32.0 Å². The Bertz CT molecular complexity index is 1390. The van der Waals surface area contributed by atoms with Gasteiger partial charge in [-0.1, -0.05) is 11.6 Å². The lowest BCUT2D eigenvalue weighted by molar-refractivity contribution is 0.120. The van der Waals surface area contributed by atoms with Crippen LogP contribution in [-0.2, 0) is 13.1 Å². The van der Waals surface area contributed by atoms with Crippen molar-refractivity contribution in [3.05, 3.63) is 61.6 Å². The van der Waals surface area contributed by atoms with Crippen LogP contribution in [0.3, 0.4) is 0 Å². The lowest BCUT2D eigenvalue weighted by Gasteiger charge is -2.34. The molecule has 4 heterocycles. The Morgan fingerprint density at radius 3 is 2.55 bits per heavy atom. The smallest absolute Gasteiger partial charge is 0.259 e. The summed E-state index contributed by atoms with van der Waals surface area (Å²) < 4.78 is 5.28. The zero-order valence-electron chi connectivity index (χ0n) is 18.9. The third kappa shape index (κ3) is 4.48. The van der Waals surface area contributed by atoms with E-state index in [1.54, 1.807) is 18.4 Å². The lowest BCUT2D eigenvalue weighted by Crippen LogP contribution is -2.45. The standard InChI is InChI=1S/C24H26ClN5O2S/c1-14-15(2)33-24-21(14)23(31)27-20(28-24)13-30-8-6-29(7-9-30)12-17-10-16-4-5-18(32-3)11-19(16)26-22(17)25/h4-5,10-11H,6-9,12-13H2,1-3H3,(H,27,28,31). The van der Waals surface area contributed by atoms with Crippen LogP contribution in [0.5, 0.6) is 5.75 Å². The first-order valence-corrected chi connectivity index (χ1v) is 12.2. The molecule has 4 aromatic rings. The van der Waals surface area contributed by atoms with Gasteiger partial charge in [0.2, 0.25) is 0 Å². The molecule has 0 spiro atoms. The van der Waals surface area contributed by atoms with Gasteiger partial charge in [0, 0.05) is 54.6 Å². The second kappa shape index (κ2) is 9.02. The van der Waals surface area contributed by atoms with Gasteiger partial charge in [0.1, 0.15) is 21.6 Å². The van der Waals surface area contributed by atoms with Gasteiger partial charge >= 0.3 is 0 Å². The Morgan fingerprint density at radius 1 is 1.09 bits per heavy atom. The molecule has 1 saturated heterocycles. The number of hydrogen-bond acceptors (Lipinski definition) is 7. The van der Waals surface area contributed by atoms with E-state index in [4.69, 9.17) is 21.3 Å². The van der Waals surface area contributed by atoms with Gasteiger partial charge in [-0.3, -0.25) is 14.6 Å². The second-order valence-electron chi connectivity index (χ2n) is 8.53. The number of halogens is 1. The minimum absolute atomic E-state index is 0.0356. The molecule has 0 amide bonds. The van der Waals surface area contributed by atoms with Crippen molar-refractivity contribution in [3.63, 3.8) is 0 Å². The maximum Gasteiger partial charge on any atom is 0.259 e. The number of ether oxygens (including phenoxy) is 1. The molecule has 1 N–H and O–H groups in total. The quantitative estimate of drug-likeness (QED) is 0.430. The molecule has 1 fully saturated rings. The molecule has 0 radical (unpaired) electrons. The van der Waals surface area contributed by atoms with Gasteiger partial charge < -0.3 is 9.72 Å². The normalized spacial score (nSPS) is 15.5. The summed E-state index contributed by atoms with van der Waals surface area (Å²) in [6.45, 7) is 9.07. The van der Waals surface area contributed by atoms with Crippen molar-refractivity contribution in [1.82, 2.24) is 24.8 Å². The molecule has 33 heavy (non-hydrogen) atoms. The number of thiophene rings is 1. The number of aromatic amines is 1. The van der Waals surface area contributed by atoms with Crippen LogP contribution in [0.1, 0.15) is 21.8 Å². The van der Waals surface area contributed by atoms with Gasteiger partial charge in [0.15, 0.2) is 0 Å². The van der Waals surface area contributed by atoms with Crippen LogP contribution in [0.2, 0.25) is 5.15 Å². The fraction of sp³-hybridized carbons (Fsp3) is 0.375. The van der Waals surface area contributed by atoms with E-state index in [0.29, 0.717) is 11.7 Å². The van der Waals surface area contributed by atoms with E-state index in [-0.39, 0.29) is 5.56 Å². The minimum Gasteiger partial charge on any atom is -0.497 e. The number of aromatic nitrogens is 3. The largest absolute Gasteiger partial charge is 0.497 e. The van der Waals surface area contributed by atoms with Crippen LogP contribution in [-0.4, -0.2) is 58.0 Å². The third-order valence-electron chi connectivity index (χ3n) is 6.37. The molecule has 0 aliphatic carbocycles. The molecule has 5 rings (SSSR count). The Labute approximate surface area is 201 Å². The highest BCUT2D eigenvalue weighted by molar-refractivity contribution is 7.18. The summed E-state index contributed by atoms with van der Waals surface area (Å²) in [6, 6.07) is 7.97. The van der Waals surface area contributed by atoms with Crippen LogP contribution in [0.15, 0.2) is 29.1 Å². The number of methoxy groups -OCH3 is 1. The number of benzene rings is 1. The maximum atomic E-state index is 12.6. The molecule has 0 saturated carbocycles. The number of H-pyrrole nitrogens is 1. The first kappa shape index (κ1) is 22.3. The Hall–Kier alpha value is -2.52. The van der Waals surface area contributed by atoms with Crippen LogP contribution < -0.4 is 10.3 Å². The van der Waals surface area contributed by atoms with Crippen molar-refractivity contribution < 1.29 is 4.74 Å². The first-order chi connectivity index (χ1) is 15.9. The van der Waals surface area contributed by atoms with Crippen LogP contribution in [0, 0.1) is 13.8 Å². The molecule has 0 bridgehead atoms. The highest BCUT2D eigenvalue weighted by atomic mass is 35.5.